The minimum atomic E-state index is -0.971. The number of hydrogen-bond acceptors (Lipinski definition) is 2. The lowest BCUT2D eigenvalue weighted by Crippen LogP contribution is -1.95. The second kappa shape index (κ2) is 5.96. The molecule has 0 aliphatic carbocycles. The Hall–Kier alpha value is -1.58. The third-order valence-electron chi connectivity index (χ3n) is 1.70. The average Bonchev–Trinajstić information content (AvgIpc) is 2.02. The number of carboxylic acid groups (broad SMARTS) is 2. The summed E-state index contributed by atoms with van der Waals surface area (Å²) in [7, 11) is 0. The first-order chi connectivity index (χ1) is 6.43. The van der Waals surface area contributed by atoms with Gasteiger partial charge in [-0.3, -0.25) is 0 Å². The highest BCUT2D eigenvalue weighted by Gasteiger charge is 1.98. The number of rotatable bonds is 5. The van der Waals surface area contributed by atoms with Crippen LogP contribution in [0.2, 0.25) is 0 Å². The van der Waals surface area contributed by atoms with E-state index >= 15 is 0 Å². The molecule has 0 saturated carbocycles. The lowest BCUT2D eigenvalue weighted by molar-refractivity contribution is -0.133. The summed E-state index contributed by atoms with van der Waals surface area (Å²) < 4.78 is 0. The van der Waals surface area contributed by atoms with Crippen LogP contribution in [0.4, 0.5) is 0 Å². The predicted molar refractivity (Wildman–Crippen MR) is 52.0 cm³/mol. The molecule has 0 radical (unpaired) electrons. The Morgan fingerprint density at radius 2 is 1.79 bits per heavy atom. The van der Waals surface area contributed by atoms with E-state index in [1.165, 1.54) is 6.92 Å². The van der Waals surface area contributed by atoms with Gasteiger partial charge < -0.3 is 10.2 Å². The van der Waals surface area contributed by atoms with Crippen molar-refractivity contribution >= 4 is 11.9 Å². The van der Waals surface area contributed by atoms with Gasteiger partial charge in [0.05, 0.1) is 0 Å². The summed E-state index contributed by atoms with van der Waals surface area (Å²) in [4.78, 5) is 20.6. The smallest absolute Gasteiger partial charge is 0.330 e. The molecule has 78 valence electrons. The molecular formula is C10H14O4. The Morgan fingerprint density at radius 3 is 2.21 bits per heavy atom. The van der Waals surface area contributed by atoms with Crippen molar-refractivity contribution in [1.82, 2.24) is 0 Å². The van der Waals surface area contributed by atoms with Crippen LogP contribution in [-0.4, -0.2) is 22.2 Å². The van der Waals surface area contributed by atoms with E-state index in [1.54, 1.807) is 13.0 Å². The molecule has 0 heterocycles. The van der Waals surface area contributed by atoms with Crippen LogP contribution in [0.5, 0.6) is 0 Å². The number of carboxylic acids is 2. The van der Waals surface area contributed by atoms with Crippen LogP contribution in [0.15, 0.2) is 23.3 Å². The second-order valence-corrected chi connectivity index (χ2v) is 3.06. The Bertz CT molecular complexity index is 286. The number of aliphatic carboxylic acids is 2. The van der Waals surface area contributed by atoms with Crippen LogP contribution in [0.1, 0.15) is 26.7 Å². The molecule has 14 heavy (non-hydrogen) atoms. The molecule has 4 nitrogen and oxygen atoms in total. The van der Waals surface area contributed by atoms with Crippen molar-refractivity contribution in [3.8, 4) is 0 Å². The van der Waals surface area contributed by atoms with E-state index in [-0.39, 0.29) is 5.57 Å². The molecule has 2 N–H and O–H groups in total. The van der Waals surface area contributed by atoms with Crippen LogP contribution in [0.25, 0.3) is 0 Å². The van der Waals surface area contributed by atoms with E-state index in [1.807, 2.05) is 0 Å². The van der Waals surface area contributed by atoms with Crippen molar-refractivity contribution < 1.29 is 19.8 Å². The van der Waals surface area contributed by atoms with E-state index < -0.39 is 11.9 Å². The zero-order valence-electron chi connectivity index (χ0n) is 8.28. The van der Waals surface area contributed by atoms with Gasteiger partial charge in [0.1, 0.15) is 0 Å². The number of allylic oxidation sites excluding steroid dienone is 2. The maximum Gasteiger partial charge on any atom is 0.330 e. The second-order valence-electron chi connectivity index (χ2n) is 3.06. The van der Waals surface area contributed by atoms with Gasteiger partial charge in [-0.1, -0.05) is 11.6 Å². The van der Waals surface area contributed by atoms with Gasteiger partial charge >= 0.3 is 11.9 Å². The quantitative estimate of drug-likeness (QED) is 0.661. The third kappa shape index (κ3) is 5.99. The van der Waals surface area contributed by atoms with E-state index in [2.05, 4.69) is 0 Å². The van der Waals surface area contributed by atoms with Crippen LogP contribution in [-0.2, 0) is 9.59 Å². The maximum absolute atomic E-state index is 10.4. The van der Waals surface area contributed by atoms with Gasteiger partial charge in [0, 0.05) is 11.6 Å². The van der Waals surface area contributed by atoms with Crippen molar-refractivity contribution in [3.05, 3.63) is 23.3 Å². The SMILES string of the molecule is CC(=CC(=O)O)CCC=C(C)C(=O)O. The zero-order chi connectivity index (χ0) is 11.1. The van der Waals surface area contributed by atoms with E-state index in [4.69, 9.17) is 10.2 Å². The molecule has 0 aliphatic rings. The van der Waals surface area contributed by atoms with E-state index in [0.29, 0.717) is 12.8 Å². The molecule has 0 bridgehead atoms. The Labute approximate surface area is 82.6 Å². The lowest BCUT2D eigenvalue weighted by Gasteiger charge is -1.96. The fraction of sp³-hybridized carbons (Fsp3) is 0.400. The lowest BCUT2D eigenvalue weighted by atomic mass is 10.1. The van der Waals surface area contributed by atoms with Gasteiger partial charge in [-0.15, -0.1) is 0 Å². The van der Waals surface area contributed by atoms with Gasteiger partial charge in [-0.2, -0.15) is 0 Å². The number of hydrogen-bond donors (Lipinski definition) is 2. The first kappa shape index (κ1) is 12.4. The van der Waals surface area contributed by atoms with Crippen molar-refractivity contribution in [2.75, 3.05) is 0 Å². The molecule has 0 rings (SSSR count). The Morgan fingerprint density at radius 1 is 1.21 bits per heavy atom. The molecule has 0 amide bonds. The monoisotopic (exact) mass is 198 g/mol. The van der Waals surface area contributed by atoms with E-state index in [0.717, 1.165) is 11.6 Å². The molecule has 0 aromatic carbocycles. The van der Waals surface area contributed by atoms with Gasteiger partial charge in [-0.05, 0) is 26.7 Å². The third-order valence-corrected chi connectivity index (χ3v) is 1.70. The average molecular weight is 198 g/mol. The minimum Gasteiger partial charge on any atom is -0.478 e. The van der Waals surface area contributed by atoms with Crippen LogP contribution in [0.3, 0.4) is 0 Å². The molecule has 0 unspecified atom stereocenters. The van der Waals surface area contributed by atoms with Crippen LogP contribution >= 0.6 is 0 Å². The first-order valence-electron chi connectivity index (χ1n) is 4.23. The fourth-order valence-corrected chi connectivity index (χ4v) is 0.887. The summed E-state index contributed by atoms with van der Waals surface area (Å²) in [5.74, 6) is -1.91. The molecule has 0 saturated heterocycles. The van der Waals surface area contributed by atoms with Gasteiger partial charge in [0.15, 0.2) is 0 Å². The Kier molecular flexibility index (Phi) is 5.29. The molecule has 0 atom stereocenters. The van der Waals surface area contributed by atoms with Crippen LogP contribution in [0, 0.1) is 0 Å². The van der Waals surface area contributed by atoms with Crippen LogP contribution < -0.4 is 0 Å². The molecular weight excluding hydrogens is 184 g/mol. The predicted octanol–water partition coefficient (Wildman–Crippen LogP) is 1.83. The fourth-order valence-electron chi connectivity index (χ4n) is 0.887. The zero-order valence-corrected chi connectivity index (χ0v) is 8.28. The van der Waals surface area contributed by atoms with E-state index in [9.17, 15) is 9.59 Å². The molecule has 0 aliphatic heterocycles. The van der Waals surface area contributed by atoms with Gasteiger partial charge in [0.2, 0.25) is 0 Å². The minimum absolute atomic E-state index is 0.285. The normalized spacial score (nSPS) is 12.7. The highest BCUT2D eigenvalue weighted by atomic mass is 16.4. The van der Waals surface area contributed by atoms with Crippen molar-refractivity contribution in [2.24, 2.45) is 0 Å². The largest absolute Gasteiger partial charge is 0.478 e. The molecule has 0 aromatic heterocycles. The standard InChI is InChI=1S/C10H14O4/c1-7(6-9(11)12)4-3-5-8(2)10(13)14/h5-6H,3-4H2,1-2H3,(H,11,12)(H,13,14). The summed E-state index contributed by atoms with van der Waals surface area (Å²) >= 11 is 0. The van der Waals surface area contributed by atoms with Crippen molar-refractivity contribution in [1.29, 1.82) is 0 Å². The molecule has 0 spiro atoms. The molecule has 0 fully saturated rings. The highest BCUT2D eigenvalue weighted by Crippen LogP contribution is 2.06. The summed E-state index contributed by atoms with van der Waals surface area (Å²) in [6.07, 6.45) is 3.83. The summed E-state index contributed by atoms with van der Waals surface area (Å²) in [5, 5.41) is 16.9. The number of carbonyl (C=O) groups is 2. The maximum atomic E-state index is 10.4. The van der Waals surface area contributed by atoms with Crippen molar-refractivity contribution in [2.45, 2.75) is 26.7 Å². The topological polar surface area (TPSA) is 74.6 Å². The molecule has 4 heteroatoms. The van der Waals surface area contributed by atoms with Gasteiger partial charge in [-0.25, -0.2) is 9.59 Å². The summed E-state index contributed by atoms with van der Waals surface area (Å²) in [6, 6.07) is 0. The first-order valence-corrected chi connectivity index (χ1v) is 4.23. The van der Waals surface area contributed by atoms with Crippen molar-refractivity contribution in [3.63, 3.8) is 0 Å². The molecule has 0 aromatic rings. The highest BCUT2D eigenvalue weighted by molar-refractivity contribution is 5.85. The summed E-state index contributed by atoms with van der Waals surface area (Å²) in [6.45, 7) is 3.22. The Balaban J connectivity index is 4.02. The summed E-state index contributed by atoms with van der Waals surface area (Å²) in [5.41, 5.74) is 1.01. The van der Waals surface area contributed by atoms with Gasteiger partial charge in [0.25, 0.3) is 0 Å².